The molecule has 1 aromatic rings. The lowest BCUT2D eigenvalue weighted by atomic mass is 10.0. The minimum Gasteiger partial charge on any atom is -0.505 e. The molecule has 14 heavy (non-hydrogen) atoms. The van der Waals surface area contributed by atoms with E-state index in [1.165, 1.54) is 6.07 Å². The van der Waals surface area contributed by atoms with E-state index in [1.54, 1.807) is 0 Å². The number of hydrogen-bond acceptors (Lipinski definition) is 2. The van der Waals surface area contributed by atoms with Crippen molar-refractivity contribution in [1.82, 2.24) is 0 Å². The number of halogens is 3. The average Bonchev–Trinajstić information content (AvgIpc) is 2.08. The molecule has 0 bridgehead atoms. The first-order chi connectivity index (χ1) is 6.50. The summed E-state index contributed by atoms with van der Waals surface area (Å²) in [6.07, 6.45) is -3.05. The zero-order chi connectivity index (χ0) is 10.7. The van der Waals surface area contributed by atoms with Crippen molar-refractivity contribution in [1.29, 1.82) is 0 Å². The predicted molar refractivity (Wildman–Crippen MR) is 45.6 cm³/mol. The first kappa shape index (κ1) is 10.8. The number of benzene rings is 1. The van der Waals surface area contributed by atoms with Crippen molar-refractivity contribution in [2.24, 2.45) is 5.73 Å². The minimum atomic E-state index is -2.53. The normalized spacial score (nSPS) is 13.2. The van der Waals surface area contributed by atoms with Crippen LogP contribution in [0.4, 0.5) is 13.2 Å². The van der Waals surface area contributed by atoms with Gasteiger partial charge in [-0.05, 0) is 17.7 Å². The van der Waals surface area contributed by atoms with E-state index in [0.29, 0.717) is 0 Å². The van der Waals surface area contributed by atoms with Gasteiger partial charge in [0.15, 0.2) is 11.6 Å². The molecule has 78 valence electrons. The van der Waals surface area contributed by atoms with E-state index in [0.717, 1.165) is 12.1 Å². The Morgan fingerprint density at radius 2 is 2.00 bits per heavy atom. The van der Waals surface area contributed by atoms with Gasteiger partial charge in [0.2, 0.25) is 6.43 Å². The van der Waals surface area contributed by atoms with E-state index in [-0.39, 0.29) is 5.56 Å². The van der Waals surface area contributed by atoms with Crippen molar-refractivity contribution in [3.05, 3.63) is 29.6 Å². The molecule has 1 rings (SSSR count). The van der Waals surface area contributed by atoms with Gasteiger partial charge in [0.1, 0.15) is 0 Å². The third-order valence-corrected chi connectivity index (χ3v) is 1.83. The molecule has 5 heteroatoms. The molecule has 0 saturated heterocycles. The van der Waals surface area contributed by atoms with Crippen molar-refractivity contribution >= 4 is 0 Å². The van der Waals surface area contributed by atoms with Crippen molar-refractivity contribution in [3.8, 4) is 5.75 Å². The molecule has 1 aromatic carbocycles. The molecule has 0 radical (unpaired) electrons. The second kappa shape index (κ2) is 4.32. The Morgan fingerprint density at radius 1 is 1.36 bits per heavy atom. The summed E-state index contributed by atoms with van der Waals surface area (Å²) in [7, 11) is 0. The summed E-state index contributed by atoms with van der Waals surface area (Å²) in [5.41, 5.74) is 5.64. The maximum Gasteiger partial charge on any atom is 0.240 e. The molecule has 0 amide bonds. The monoisotopic (exact) mass is 205 g/mol. The fourth-order valence-corrected chi connectivity index (χ4v) is 1.08. The molecule has 0 spiro atoms. The van der Waals surface area contributed by atoms with Crippen molar-refractivity contribution in [2.45, 2.75) is 18.9 Å². The Balaban J connectivity index is 2.80. The molecule has 0 aromatic heterocycles. The lowest BCUT2D eigenvalue weighted by Gasteiger charge is -2.11. The molecule has 0 aliphatic carbocycles. The van der Waals surface area contributed by atoms with E-state index in [4.69, 9.17) is 10.8 Å². The number of phenols is 1. The van der Waals surface area contributed by atoms with E-state index in [9.17, 15) is 13.2 Å². The van der Waals surface area contributed by atoms with E-state index in [1.807, 2.05) is 0 Å². The highest BCUT2D eigenvalue weighted by Gasteiger charge is 2.14. The second-order valence-electron chi connectivity index (χ2n) is 2.94. The van der Waals surface area contributed by atoms with Gasteiger partial charge in [0.05, 0.1) is 0 Å². The zero-order valence-corrected chi connectivity index (χ0v) is 7.25. The Bertz CT molecular complexity index is 317. The summed E-state index contributed by atoms with van der Waals surface area (Å²) in [5.74, 6) is -1.37. The molecule has 0 fully saturated rings. The third kappa shape index (κ3) is 2.63. The van der Waals surface area contributed by atoms with E-state index in [2.05, 4.69) is 0 Å². The molecule has 2 nitrogen and oxygen atoms in total. The molecular weight excluding hydrogens is 195 g/mol. The molecule has 0 aliphatic heterocycles. The smallest absolute Gasteiger partial charge is 0.240 e. The molecule has 0 unspecified atom stereocenters. The minimum absolute atomic E-state index is 0.251. The first-order valence-electron chi connectivity index (χ1n) is 4.03. The van der Waals surface area contributed by atoms with Gasteiger partial charge in [0, 0.05) is 12.5 Å². The number of nitrogens with two attached hydrogens (primary N) is 1. The zero-order valence-electron chi connectivity index (χ0n) is 7.25. The van der Waals surface area contributed by atoms with E-state index < -0.39 is 30.5 Å². The molecule has 0 aliphatic rings. The molecule has 0 heterocycles. The van der Waals surface area contributed by atoms with Crippen LogP contribution in [-0.2, 0) is 0 Å². The van der Waals surface area contributed by atoms with Gasteiger partial charge in [-0.3, -0.25) is 0 Å². The summed E-state index contributed by atoms with van der Waals surface area (Å²) >= 11 is 0. The van der Waals surface area contributed by atoms with Crippen LogP contribution in [0.2, 0.25) is 0 Å². The van der Waals surface area contributed by atoms with Gasteiger partial charge < -0.3 is 10.8 Å². The first-order valence-corrected chi connectivity index (χ1v) is 4.03. The molecule has 3 N–H and O–H groups in total. The van der Waals surface area contributed by atoms with Crippen LogP contribution in [-0.4, -0.2) is 11.5 Å². The number of aromatic hydroxyl groups is 1. The molecular formula is C9H10F3NO. The van der Waals surface area contributed by atoms with Gasteiger partial charge in [0.25, 0.3) is 0 Å². The van der Waals surface area contributed by atoms with Crippen LogP contribution in [0, 0.1) is 5.82 Å². The fraction of sp³-hybridized carbons (Fsp3) is 0.333. The summed E-state index contributed by atoms with van der Waals surface area (Å²) in [4.78, 5) is 0. The summed E-state index contributed by atoms with van der Waals surface area (Å²) < 4.78 is 36.6. The maximum atomic E-state index is 12.8. The molecule has 0 saturated carbocycles. The highest BCUT2D eigenvalue weighted by Crippen LogP contribution is 2.23. The summed E-state index contributed by atoms with van der Waals surface area (Å²) in [5, 5.41) is 8.84. The van der Waals surface area contributed by atoms with Crippen LogP contribution < -0.4 is 5.73 Å². The van der Waals surface area contributed by atoms with E-state index >= 15 is 0 Å². The summed E-state index contributed by atoms with van der Waals surface area (Å²) in [6, 6.07) is 2.47. The number of hydrogen-bond donors (Lipinski definition) is 2. The SMILES string of the molecule is N[C@H](CC(F)F)c1ccc(O)c(F)c1. The van der Waals surface area contributed by atoms with Crippen molar-refractivity contribution in [2.75, 3.05) is 0 Å². The second-order valence-corrected chi connectivity index (χ2v) is 2.94. The van der Waals surface area contributed by atoms with Crippen LogP contribution in [0.5, 0.6) is 5.75 Å². The van der Waals surface area contributed by atoms with Crippen LogP contribution in [0.3, 0.4) is 0 Å². The lowest BCUT2D eigenvalue weighted by molar-refractivity contribution is 0.128. The Hall–Kier alpha value is -1.23. The molecule has 1 atom stereocenters. The fourth-order valence-electron chi connectivity index (χ4n) is 1.08. The topological polar surface area (TPSA) is 46.2 Å². The van der Waals surface area contributed by atoms with Crippen LogP contribution in [0.15, 0.2) is 18.2 Å². The summed E-state index contributed by atoms with van der Waals surface area (Å²) in [6.45, 7) is 0. The number of alkyl halides is 2. The Labute approximate surface area is 79.2 Å². The van der Waals surface area contributed by atoms with Crippen LogP contribution >= 0.6 is 0 Å². The standard InChI is InChI=1S/C9H10F3NO/c10-6-3-5(1-2-8(6)14)7(13)4-9(11)12/h1-3,7,9,14H,4,13H2/t7-/m1/s1. The van der Waals surface area contributed by atoms with Gasteiger partial charge in [-0.1, -0.05) is 6.07 Å². The van der Waals surface area contributed by atoms with Crippen molar-refractivity contribution in [3.63, 3.8) is 0 Å². The lowest BCUT2D eigenvalue weighted by Crippen LogP contribution is -2.14. The largest absolute Gasteiger partial charge is 0.505 e. The Kier molecular flexibility index (Phi) is 3.35. The van der Waals surface area contributed by atoms with Gasteiger partial charge in [-0.2, -0.15) is 0 Å². The Morgan fingerprint density at radius 3 is 2.50 bits per heavy atom. The number of rotatable bonds is 3. The number of phenolic OH excluding ortho intramolecular Hbond substituents is 1. The quantitative estimate of drug-likeness (QED) is 0.794. The predicted octanol–water partition coefficient (Wildman–Crippen LogP) is 2.19. The van der Waals surface area contributed by atoms with Crippen LogP contribution in [0.25, 0.3) is 0 Å². The van der Waals surface area contributed by atoms with Crippen molar-refractivity contribution < 1.29 is 18.3 Å². The highest BCUT2D eigenvalue weighted by molar-refractivity contribution is 5.29. The maximum absolute atomic E-state index is 12.8. The third-order valence-electron chi connectivity index (χ3n) is 1.83. The average molecular weight is 205 g/mol. The highest BCUT2D eigenvalue weighted by atomic mass is 19.3. The van der Waals surface area contributed by atoms with Crippen LogP contribution in [0.1, 0.15) is 18.0 Å². The van der Waals surface area contributed by atoms with Gasteiger partial charge in [-0.25, -0.2) is 13.2 Å². The van der Waals surface area contributed by atoms with Gasteiger partial charge in [-0.15, -0.1) is 0 Å². The van der Waals surface area contributed by atoms with Gasteiger partial charge >= 0.3 is 0 Å².